The van der Waals surface area contributed by atoms with Crippen molar-refractivity contribution in [2.45, 2.75) is 37.4 Å². The summed E-state index contributed by atoms with van der Waals surface area (Å²) in [6, 6.07) is 1.23. The van der Waals surface area contributed by atoms with E-state index in [2.05, 4.69) is 15.3 Å². The zero-order valence-electron chi connectivity index (χ0n) is 9.97. The van der Waals surface area contributed by atoms with Crippen molar-refractivity contribution in [1.82, 2.24) is 9.97 Å². The highest BCUT2D eigenvalue weighted by Gasteiger charge is 2.37. The molecule has 1 aliphatic rings. The van der Waals surface area contributed by atoms with Gasteiger partial charge in [-0.05, 0) is 12.8 Å². The molecule has 19 heavy (non-hydrogen) atoms. The Hall–Kier alpha value is -1.08. The number of nitrogens with zero attached hydrogens (tertiary/aromatic N) is 2. The van der Waals surface area contributed by atoms with E-state index in [0.29, 0.717) is 12.8 Å². The van der Waals surface area contributed by atoms with E-state index in [1.165, 1.54) is 6.07 Å². The Morgan fingerprint density at radius 3 is 2.47 bits per heavy atom. The van der Waals surface area contributed by atoms with Crippen LogP contribution in [0.3, 0.4) is 0 Å². The van der Waals surface area contributed by atoms with Gasteiger partial charge in [0.15, 0.2) is 0 Å². The molecule has 0 radical (unpaired) electrons. The molecule has 2 rings (SSSR count). The SMILES string of the molecule is OCC1(Nc2cc(Cl)nc(C(F)(F)F)n2)CCCC1. The Morgan fingerprint density at radius 2 is 1.95 bits per heavy atom. The van der Waals surface area contributed by atoms with E-state index < -0.39 is 17.5 Å². The van der Waals surface area contributed by atoms with Gasteiger partial charge in [-0.2, -0.15) is 13.2 Å². The molecule has 0 atom stereocenters. The summed E-state index contributed by atoms with van der Waals surface area (Å²) >= 11 is 5.58. The molecule has 1 aliphatic carbocycles. The molecule has 0 aliphatic heterocycles. The molecule has 2 N–H and O–H groups in total. The van der Waals surface area contributed by atoms with Gasteiger partial charge in [0, 0.05) is 6.07 Å². The highest BCUT2D eigenvalue weighted by Crippen LogP contribution is 2.34. The van der Waals surface area contributed by atoms with Crippen molar-refractivity contribution in [2.24, 2.45) is 0 Å². The lowest BCUT2D eigenvalue weighted by molar-refractivity contribution is -0.144. The van der Waals surface area contributed by atoms with Gasteiger partial charge in [-0.1, -0.05) is 24.4 Å². The molecule has 0 saturated heterocycles. The van der Waals surface area contributed by atoms with Crippen LogP contribution in [0.25, 0.3) is 0 Å². The second-order valence-corrected chi connectivity index (χ2v) is 5.06. The van der Waals surface area contributed by atoms with Crippen molar-refractivity contribution >= 4 is 17.4 Å². The van der Waals surface area contributed by atoms with Crippen molar-refractivity contribution in [2.75, 3.05) is 11.9 Å². The predicted octanol–water partition coefficient (Wildman–Crippen LogP) is 2.87. The van der Waals surface area contributed by atoms with Crippen molar-refractivity contribution in [3.05, 3.63) is 17.0 Å². The van der Waals surface area contributed by atoms with Crippen LogP contribution in [-0.4, -0.2) is 27.2 Å². The minimum atomic E-state index is -4.65. The van der Waals surface area contributed by atoms with Crippen LogP contribution in [0.1, 0.15) is 31.5 Å². The Labute approximate surface area is 113 Å². The van der Waals surface area contributed by atoms with Gasteiger partial charge in [0.25, 0.3) is 0 Å². The number of halogens is 4. The zero-order chi connectivity index (χ0) is 14.1. The van der Waals surface area contributed by atoms with Gasteiger partial charge in [-0.15, -0.1) is 0 Å². The van der Waals surface area contributed by atoms with E-state index in [9.17, 15) is 18.3 Å². The summed E-state index contributed by atoms with van der Waals surface area (Å²) in [5.41, 5.74) is -0.611. The maximum absolute atomic E-state index is 12.6. The van der Waals surface area contributed by atoms with Gasteiger partial charge in [0.05, 0.1) is 12.1 Å². The van der Waals surface area contributed by atoms with Crippen molar-refractivity contribution in [1.29, 1.82) is 0 Å². The van der Waals surface area contributed by atoms with Crippen LogP contribution in [0.2, 0.25) is 5.15 Å². The van der Waals surface area contributed by atoms with Crippen molar-refractivity contribution in [3.63, 3.8) is 0 Å². The van der Waals surface area contributed by atoms with E-state index >= 15 is 0 Å². The molecular formula is C11H13ClF3N3O. The highest BCUT2D eigenvalue weighted by atomic mass is 35.5. The number of aromatic nitrogens is 2. The van der Waals surface area contributed by atoms with Crippen LogP contribution in [0.15, 0.2) is 6.07 Å². The Balaban J connectivity index is 2.27. The van der Waals surface area contributed by atoms with E-state index in [0.717, 1.165) is 12.8 Å². The summed E-state index contributed by atoms with van der Waals surface area (Å²) in [4.78, 5) is 6.57. The summed E-state index contributed by atoms with van der Waals surface area (Å²) < 4.78 is 37.7. The molecule has 1 aromatic heterocycles. The lowest BCUT2D eigenvalue weighted by Gasteiger charge is -2.28. The average molecular weight is 296 g/mol. The van der Waals surface area contributed by atoms with E-state index in [1.54, 1.807) is 0 Å². The predicted molar refractivity (Wildman–Crippen MR) is 64.0 cm³/mol. The number of rotatable bonds is 3. The molecule has 0 amide bonds. The molecule has 0 aromatic carbocycles. The van der Waals surface area contributed by atoms with Gasteiger partial charge < -0.3 is 10.4 Å². The molecule has 1 saturated carbocycles. The molecular weight excluding hydrogens is 283 g/mol. The summed E-state index contributed by atoms with van der Waals surface area (Å²) in [5.74, 6) is -1.29. The molecule has 0 spiro atoms. The highest BCUT2D eigenvalue weighted by molar-refractivity contribution is 6.29. The third-order valence-corrected chi connectivity index (χ3v) is 3.40. The smallest absolute Gasteiger partial charge is 0.394 e. The van der Waals surface area contributed by atoms with Crippen LogP contribution < -0.4 is 5.32 Å². The maximum atomic E-state index is 12.6. The summed E-state index contributed by atoms with van der Waals surface area (Å²) in [6.45, 7) is -0.157. The number of hydrogen-bond acceptors (Lipinski definition) is 4. The topological polar surface area (TPSA) is 58.0 Å². The Kier molecular flexibility index (Phi) is 3.87. The number of nitrogens with one attached hydrogen (secondary N) is 1. The van der Waals surface area contributed by atoms with Crippen LogP contribution in [0.5, 0.6) is 0 Å². The zero-order valence-corrected chi connectivity index (χ0v) is 10.7. The Morgan fingerprint density at radius 1 is 1.32 bits per heavy atom. The summed E-state index contributed by atoms with van der Waals surface area (Å²) in [5, 5.41) is 12.0. The molecule has 4 nitrogen and oxygen atoms in total. The molecule has 1 fully saturated rings. The average Bonchev–Trinajstić information content (AvgIpc) is 2.76. The second kappa shape index (κ2) is 5.13. The second-order valence-electron chi connectivity index (χ2n) is 4.67. The van der Waals surface area contributed by atoms with Crippen LogP contribution in [-0.2, 0) is 6.18 Å². The molecule has 1 aromatic rings. The monoisotopic (exact) mass is 295 g/mol. The first-order valence-electron chi connectivity index (χ1n) is 5.85. The maximum Gasteiger partial charge on any atom is 0.451 e. The van der Waals surface area contributed by atoms with Crippen LogP contribution in [0.4, 0.5) is 19.0 Å². The third kappa shape index (κ3) is 3.27. The van der Waals surface area contributed by atoms with E-state index in [-0.39, 0.29) is 17.6 Å². The first-order valence-corrected chi connectivity index (χ1v) is 6.23. The van der Waals surface area contributed by atoms with E-state index in [1.807, 2.05) is 0 Å². The van der Waals surface area contributed by atoms with Crippen LogP contribution in [0, 0.1) is 0 Å². The number of hydrogen-bond donors (Lipinski definition) is 2. The number of aliphatic hydroxyl groups excluding tert-OH is 1. The first kappa shape index (κ1) is 14.3. The third-order valence-electron chi connectivity index (χ3n) is 3.20. The fourth-order valence-corrected chi connectivity index (χ4v) is 2.44. The molecule has 106 valence electrons. The molecule has 1 heterocycles. The lowest BCUT2D eigenvalue weighted by atomic mass is 9.99. The molecule has 8 heteroatoms. The van der Waals surface area contributed by atoms with Gasteiger partial charge >= 0.3 is 6.18 Å². The quantitative estimate of drug-likeness (QED) is 0.842. The molecule has 0 bridgehead atoms. The number of anilines is 1. The van der Waals surface area contributed by atoms with Gasteiger partial charge in [-0.25, -0.2) is 9.97 Å². The van der Waals surface area contributed by atoms with Crippen molar-refractivity contribution in [3.8, 4) is 0 Å². The summed E-state index contributed by atoms with van der Waals surface area (Å²) in [6.07, 6.45) is -1.45. The fraction of sp³-hybridized carbons (Fsp3) is 0.636. The van der Waals surface area contributed by atoms with Crippen molar-refractivity contribution < 1.29 is 18.3 Å². The lowest BCUT2D eigenvalue weighted by Crippen LogP contribution is -2.39. The first-order chi connectivity index (χ1) is 8.85. The van der Waals surface area contributed by atoms with Crippen LogP contribution >= 0.6 is 11.6 Å². The standard InChI is InChI=1S/C11H13ClF3N3O/c12-7-5-8(17-9(16-7)11(13,14)15)18-10(6-19)3-1-2-4-10/h5,19H,1-4,6H2,(H,16,17,18). The largest absolute Gasteiger partial charge is 0.451 e. The minimum absolute atomic E-state index is 0.0109. The Bertz CT molecular complexity index is 461. The number of alkyl halides is 3. The normalized spacial score (nSPS) is 18.6. The minimum Gasteiger partial charge on any atom is -0.394 e. The molecule has 0 unspecified atom stereocenters. The van der Waals surface area contributed by atoms with Gasteiger partial charge in [0.2, 0.25) is 5.82 Å². The fourth-order valence-electron chi connectivity index (χ4n) is 2.25. The summed E-state index contributed by atoms with van der Waals surface area (Å²) in [7, 11) is 0. The van der Waals surface area contributed by atoms with Gasteiger partial charge in [0.1, 0.15) is 11.0 Å². The number of aliphatic hydroxyl groups is 1. The van der Waals surface area contributed by atoms with Gasteiger partial charge in [-0.3, -0.25) is 0 Å². The van der Waals surface area contributed by atoms with E-state index in [4.69, 9.17) is 11.6 Å².